The number of nitrogens with zero attached hydrogens (tertiary/aromatic N) is 2. The summed E-state index contributed by atoms with van der Waals surface area (Å²) >= 11 is 0. The summed E-state index contributed by atoms with van der Waals surface area (Å²) in [5, 5.41) is 0. The SMILES string of the molecule is CC(C)c1ccccc1C(C)(C)C.COc1cc(C)c(C(C)(C)C)c(C(C)C)n1.Cc1ccnc(C(C)C)c1C(C)(C)C. The quantitative estimate of drug-likeness (QED) is 0.304. The molecule has 3 nitrogen and oxygen atoms in total. The zero-order valence-corrected chi connectivity index (χ0v) is 31.1. The maximum Gasteiger partial charge on any atom is 0.213 e. The number of rotatable bonds is 4. The average molecular weight is 589 g/mol. The fourth-order valence-electron chi connectivity index (χ4n) is 5.84. The maximum atomic E-state index is 5.24. The molecule has 0 aliphatic rings. The van der Waals surface area contributed by atoms with Crippen molar-refractivity contribution in [1.29, 1.82) is 0 Å². The van der Waals surface area contributed by atoms with Crippen LogP contribution in [0.15, 0.2) is 42.6 Å². The van der Waals surface area contributed by atoms with Gasteiger partial charge in [-0.25, -0.2) is 4.98 Å². The number of aromatic nitrogens is 2. The Morgan fingerprint density at radius 2 is 1.09 bits per heavy atom. The number of benzene rings is 1. The molecule has 0 aliphatic heterocycles. The summed E-state index contributed by atoms with van der Waals surface area (Å²) in [5.41, 5.74) is 11.3. The first-order valence-electron chi connectivity index (χ1n) is 16.1. The minimum atomic E-state index is 0.128. The molecule has 43 heavy (non-hydrogen) atoms. The number of pyridine rings is 2. The van der Waals surface area contributed by atoms with E-state index in [-0.39, 0.29) is 16.2 Å². The molecule has 0 N–H and O–H groups in total. The molecule has 1 aromatic carbocycles. The molecule has 3 aromatic rings. The molecule has 0 amide bonds. The van der Waals surface area contributed by atoms with Gasteiger partial charge in [0.15, 0.2) is 0 Å². The van der Waals surface area contributed by atoms with Crippen LogP contribution in [0.5, 0.6) is 5.88 Å². The molecular formula is C40H64N2O. The van der Waals surface area contributed by atoms with Crippen molar-refractivity contribution in [3.05, 3.63) is 87.4 Å². The highest BCUT2D eigenvalue weighted by atomic mass is 16.5. The number of hydrogen-bond donors (Lipinski definition) is 0. The van der Waals surface area contributed by atoms with E-state index < -0.39 is 0 Å². The topological polar surface area (TPSA) is 35.0 Å². The molecule has 0 unspecified atom stereocenters. The van der Waals surface area contributed by atoms with Crippen molar-refractivity contribution in [1.82, 2.24) is 9.97 Å². The van der Waals surface area contributed by atoms with E-state index in [1.165, 1.54) is 39.1 Å². The summed E-state index contributed by atoms with van der Waals surface area (Å²) in [6, 6.07) is 12.9. The molecule has 2 heterocycles. The smallest absolute Gasteiger partial charge is 0.213 e. The van der Waals surface area contributed by atoms with Crippen LogP contribution in [0.1, 0.15) is 166 Å². The van der Waals surface area contributed by atoms with Gasteiger partial charge in [0.1, 0.15) is 0 Å². The van der Waals surface area contributed by atoms with E-state index in [0.29, 0.717) is 23.6 Å². The first-order valence-corrected chi connectivity index (χ1v) is 16.1. The number of ether oxygens (including phenoxy) is 1. The van der Waals surface area contributed by atoms with E-state index in [4.69, 9.17) is 4.74 Å². The average Bonchev–Trinajstić information content (AvgIpc) is 2.86. The Bertz CT molecular complexity index is 1300. The Morgan fingerprint density at radius 3 is 1.47 bits per heavy atom. The third-order valence-corrected chi connectivity index (χ3v) is 7.60. The molecule has 0 saturated carbocycles. The van der Waals surface area contributed by atoms with E-state index in [2.05, 4.69) is 158 Å². The van der Waals surface area contributed by atoms with E-state index in [1.54, 1.807) is 7.11 Å². The van der Waals surface area contributed by atoms with Crippen LogP contribution in [0.4, 0.5) is 0 Å². The van der Waals surface area contributed by atoms with Gasteiger partial charge in [0.2, 0.25) is 5.88 Å². The van der Waals surface area contributed by atoms with Gasteiger partial charge in [-0.15, -0.1) is 0 Å². The summed E-state index contributed by atoms with van der Waals surface area (Å²) in [5.74, 6) is 2.26. The van der Waals surface area contributed by atoms with Gasteiger partial charge in [0.25, 0.3) is 0 Å². The van der Waals surface area contributed by atoms with Gasteiger partial charge in [0, 0.05) is 18.0 Å². The van der Waals surface area contributed by atoms with E-state index in [0.717, 1.165) is 5.69 Å². The maximum absolute atomic E-state index is 5.24. The van der Waals surface area contributed by atoms with E-state index in [1.807, 2.05) is 12.3 Å². The largest absolute Gasteiger partial charge is 0.481 e. The zero-order chi connectivity index (χ0) is 33.5. The second-order valence-electron chi connectivity index (χ2n) is 15.9. The van der Waals surface area contributed by atoms with Crippen molar-refractivity contribution in [2.75, 3.05) is 7.11 Å². The third-order valence-electron chi connectivity index (χ3n) is 7.60. The van der Waals surface area contributed by atoms with Gasteiger partial charge in [-0.3, -0.25) is 4.98 Å². The molecule has 0 bridgehead atoms. The minimum absolute atomic E-state index is 0.128. The number of methoxy groups -OCH3 is 1. The second-order valence-corrected chi connectivity index (χ2v) is 15.9. The Balaban J connectivity index is 0.000000324. The predicted octanol–water partition coefficient (Wildman–Crippen LogP) is 11.7. The lowest BCUT2D eigenvalue weighted by Crippen LogP contribution is -2.18. The Kier molecular flexibility index (Phi) is 13.7. The Hall–Kier alpha value is -2.68. The van der Waals surface area contributed by atoms with Crippen LogP contribution in [-0.4, -0.2) is 17.1 Å². The number of hydrogen-bond acceptors (Lipinski definition) is 3. The van der Waals surface area contributed by atoms with Gasteiger partial charge in [0.05, 0.1) is 12.8 Å². The molecule has 0 fully saturated rings. The fraction of sp³-hybridized carbons (Fsp3) is 0.600. The third kappa shape index (κ3) is 11.1. The monoisotopic (exact) mass is 589 g/mol. The first-order chi connectivity index (χ1) is 19.5. The highest BCUT2D eigenvalue weighted by Gasteiger charge is 2.24. The lowest BCUT2D eigenvalue weighted by Gasteiger charge is -2.26. The van der Waals surface area contributed by atoms with Crippen molar-refractivity contribution in [2.24, 2.45) is 0 Å². The van der Waals surface area contributed by atoms with Gasteiger partial charge >= 0.3 is 0 Å². The van der Waals surface area contributed by atoms with Gasteiger partial charge in [-0.2, -0.15) is 0 Å². The first kappa shape index (κ1) is 38.3. The lowest BCUT2D eigenvalue weighted by molar-refractivity contribution is 0.393. The minimum Gasteiger partial charge on any atom is -0.481 e. The predicted molar refractivity (Wildman–Crippen MR) is 189 cm³/mol. The molecule has 0 saturated heterocycles. The van der Waals surface area contributed by atoms with Gasteiger partial charge in [-0.1, -0.05) is 128 Å². The Morgan fingerprint density at radius 1 is 0.605 bits per heavy atom. The van der Waals surface area contributed by atoms with Crippen LogP contribution in [-0.2, 0) is 16.2 Å². The molecule has 3 rings (SSSR count). The molecule has 0 radical (unpaired) electrons. The van der Waals surface area contributed by atoms with Crippen molar-refractivity contribution in [3.8, 4) is 5.88 Å². The standard InChI is InChI=1S/C14H23NO.C13H21N.C13H20/c1-9(2)13-12(14(4,5)6)10(3)8-11(15-13)16-7;1-9(2)12-11(13(4,5)6)10(3)7-8-14-12;1-10(2)11-8-6-7-9-12(11)13(3,4)5/h8-9H,1-7H3;7-9H,1-6H3;6-10H,1-5H3. The van der Waals surface area contributed by atoms with Crippen LogP contribution in [0, 0.1) is 13.8 Å². The Labute approximate surface area is 266 Å². The van der Waals surface area contributed by atoms with Crippen LogP contribution in [0.2, 0.25) is 0 Å². The molecule has 240 valence electrons. The zero-order valence-electron chi connectivity index (χ0n) is 31.1. The summed E-state index contributed by atoms with van der Waals surface area (Å²) in [4.78, 5) is 9.10. The lowest BCUT2D eigenvalue weighted by atomic mass is 9.80. The number of aryl methyl sites for hydroxylation is 2. The molecule has 3 heteroatoms. The molecule has 0 spiro atoms. The van der Waals surface area contributed by atoms with Crippen LogP contribution in [0.3, 0.4) is 0 Å². The molecule has 2 aromatic heterocycles. The summed E-state index contributed by atoms with van der Waals surface area (Å²) < 4.78 is 5.24. The van der Waals surface area contributed by atoms with Crippen molar-refractivity contribution < 1.29 is 4.74 Å². The highest BCUT2D eigenvalue weighted by Crippen LogP contribution is 2.34. The van der Waals surface area contributed by atoms with E-state index >= 15 is 0 Å². The normalized spacial score (nSPS) is 12.1. The highest BCUT2D eigenvalue weighted by molar-refractivity contribution is 5.40. The van der Waals surface area contributed by atoms with Crippen LogP contribution in [0.25, 0.3) is 0 Å². The molecule has 0 aliphatic carbocycles. The van der Waals surface area contributed by atoms with Gasteiger partial charge < -0.3 is 4.74 Å². The van der Waals surface area contributed by atoms with Crippen molar-refractivity contribution in [2.45, 2.75) is 152 Å². The van der Waals surface area contributed by atoms with Crippen molar-refractivity contribution >= 4 is 0 Å². The fourth-order valence-corrected chi connectivity index (χ4v) is 5.84. The summed E-state index contributed by atoms with van der Waals surface area (Å²) in [6.07, 6.45) is 1.92. The molecule has 0 atom stereocenters. The van der Waals surface area contributed by atoms with Crippen molar-refractivity contribution in [3.63, 3.8) is 0 Å². The summed E-state index contributed by atoms with van der Waals surface area (Å²) in [6.45, 7) is 37.9. The van der Waals surface area contributed by atoms with Gasteiger partial charge in [-0.05, 0) is 87.3 Å². The molecular weight excluding hydrogens is 524 g/mol. The van der Waals surface area contributed by atoms with Crippen LogP contribution < -0.4 is 4.74 Å². The van der Waals surface area contributed by atoms with E-state index in [9.17, 15) is 0 Å². The second kappa shape index (κ2) is 15.4. The summed E-state index contributed by atoms with van der Waals surface area (Å²) in [7, 11) is 1.67. The van der Waals surface area contributed by atoms with Crippen LogP contribution >= 0.6 is 0 Å².